The average molecular weight is 216 g/mol. The van der Waals surface area contributed by atoms with Crippen LogP contribution in [0.4, 0.5) is 5.69 Å². The molecular weight excluding hydrogens is 196 g/mol. The van der Waals surface area contributed by atoms with Gasteiger partial charge in [0.1, 0.15) is 6.07 Å². The van der Waals surface area contributed by atoms with Gasteiger partial charge in [0.25, 0.3) is 0 Å². The average Bonchev–Trinajstić information content (AvgIpc) is 2.30. The van der Waals surface area contributed by atoms with Crippen molar-refractivity contribution in [2.24, 2.45) is 5.92 Å². The number of nitriles is 1. The van der Waals surface area contributed by atoms with E-state index in [0.717, 1.165) is 30.1 Å². The molecule has 0 aliphatic carbocycles. The van der Waals surface area contributed by atoms with Gasteiger partial charge in [-0.15, -0.1) is 0 Å². The first-order valence-corrected chi connectivity index (χ1v) is 6.01. The minimum Gasteiger partial charge on any atom is -0.384 e. The van der Waals surface area contributed by atoms with Crippen molar-refractivity contribution < 1.29 is 0 Å². The first-order valence-electron chi connectivity index (χ1n) is 6.01. The summed E-state index contributed by atoms with van der Waals surface area (Å²) in [7, 11) is 0. The van der Waals surface area contributed by atoms with Crippen LogP contribution in [0.5, 0.6) is 0 Å². The second-order valence-corrected chi connectivity index (χ2v) is 4.27. The van der Waals surface area contributed by atoms with E-state index < -0.39 is 0 Å². The number of hydrogen-bond donors (Lipinski definition) is 1. The Morgan fingerprint density at radius 1 is 1.31 bits per heavy atom. The van der Waals surface area contributed by atoms with Crippen LogP contribution < -0.4 is 5.32 Å². The van der Waals surface area contributed by atoms with E-state index in [-0.39, 0.29) is 0 Å². The van der Waals surface area contributed by atoms with Gasteiger partial charge in [-0.2, -0.15) is 5.26 Å². The second kappa shape index (κ2) is 6.90. The van der Waals surface area contributed by atoms with E-state index in [4.69, 9.17) is 5.26 Å². The van der Waals surface area contributed by atoms with Crippen molar-refractivity contribution in [3.05, 3.63) is 29.8 Å². The highest BCUT2D eigenvalue weighted by atomic mass is 14.9. The van der Waals surface area contributed by atoms with Gasteiger partial charge in [-0.05, 0) is 24.5 Å². The van der Waals surface area contributed by atoms with E-state index in [1.807, 2.05) is 24.3 Å². The molecule has 1 rings (SSSR count). The lowest BCUT2D eigenvalue weighted by Crippen LogP contribution is -2.07. The molecular formula is C14H20N2. The van der Waals surface area contributed by atoms with Crippen molar-refractivity contribution in [1.29, 1.82) is 5.26 Å². The fourth-order valence-corrected chi connectivity index (χ4v) is 1.83. The molecule has 2 nitrogen and oxygen atoms in total. The summed E-state index contributed by atoms with van der Waals surface area (Å²) in [5.41, 5.74) is 1.68. The molecule has 0 saturated carbocycles. The third kappa shape index (κ3) is 3.94. The second-order valence-electron chi connectivity index (χ2n) is 4.27. The summed E-state index contributed by atoms with van der Waals surface area (Å²) in [6.07, 6.45) is 3.69. The molecule has 16 heavy (non-hydrogen) atoms. The molecule has 0 bridgehead atoms. The number of hydrogen-bond acceptors (Lipinski definition) is 2. The number of rotatable bonds is 6. The lowest BCUT2D eigenvalue weighted by Gasteiger charge is -2.12. The normalized spacial score (nSPS) is 11.8. The highest BCUT2D eigenvalue weighted by molar-refractivity contribution is 5.56. The molecule has 1 N–H and O–H groups in total. The summed E-state index contributed by atoms with van der Waals surface area (Å²) in [5, 5.41) is 12.3. The van der Waals surface area contributed by atoms with Gasteiger partial charge in [-0.1, -0.05) is 38.8 Å². The topological polar surface area (TPSA) is 35.8 Å². The summed E-state index contributed by atoms with van der Waals surface area (Å²) in [5.74, 6) is 0.756. The number of benzene rings is 1. The van der Waals surface area contributed by atoms with Crippen molar-refractivity contribution in [2.45, 2.75) is 33.1 Å². The highest BCUT2D eigenvalue weighted by Gasteiger charge is 2.02. The zero-order valence-corrected chi connectivity index (χ0v) is 10.2. The summed E-state index contributed by atoms with van der Waals surface area (Å²) >= 11 is 0. The van der Waals surface area contributed by atoms with E-state index >= 15 is 0 Å². The third-order valence-corrected chi connectivity index (χ3v) is 2.78. The highest BCUT2D eigenvalue weighted by Crippen LogP contribution is 2.15. The Balaban J connectivity index is 2.40. The first kappa shape index (κ1) is 12.6. The predicted octanol–water partition coefficient (Wildman–Crippen LogP) is 3.80. The largest absolute Gasteiger partial charge is 0.384 e. The minimum atomic E-state index is 0.727. The molecule has 0 saturated heterocycles. The van der Waals surface area contributed by atoms with Crippen LogP contribution >= 0.6 is 0 Å². The molecule has 1 aromatic carbocycles. The quantitative estimate of drug-likeness (QED) is 0.785. The SMILES string of the molecule is CCCC(C)CCNc1ccccc1C#N. The molecule has 0 aliphatic rings. The Kier molecular flexibility index (Phi) is 5.42. The van der Waals surface area contributed by atoms with Gasteiger partial charge < -0.3 is 5.32 Å². The van der Waals surface area contributed by atoms with Crippen molar-refractivity contribution in [3.63, 3.8) is 0 Å². The zero-order valence-electron chi connectivity index (χ0n) is 10.2. The van der Waals surface area contributed by atoms with Gasteiger partial charge in [-0.3, -0.25) is 0 Å². The van der Waals surface area contributed by atoms with Gasteiger partial charge in [0.2, 0.25) is 0 Å². The monoisotopic (exact) mass is 216 g/mol. The summed E-state index contributed by atoms with van der Waals surface area (Å²) in [6, 6.07) is 9.85. The van der Waals surface area contributed by atoms with Crippen molar-refractivity contribution in [1.82, 2.24) is 0 Å². The fraction of sp³-hybridized carbons (Fsp3) is 0.500. The van der Waals surface area contributed by atoms with Gasteiger partial charge in [-0.25, -0.2) is 0 Å². The fourth-order valence-electron chi connectivity index (χ4n) is 1.83. The molecule has 0 heterocycles. The maximum atomic E-state index is 8.92. The minimum absolute atomic E-state index is 0.727. The standard InChI is InChI=1S/C14H20N2/c1-3-6-12(2)9-10-16-14-8-5-4-7-13(14)11-15/h4-5,7-8,12,16H,3,6,9-10H2,1-2H3. The molecule has 1 unspecified atom stereocenters. The third-order valence-electron chi connectivity index (χ3n) is 2.78. The maximum absolute atomic E-state index is 8.92. The van der Waals surface area contributed by atoms with Crippen LogP contribution in [0.1, 0.15) is 38.7 Å². The van der Waals surface area contributed by atoms with Crippen molar-refractivity contribution in [3.8, 4) is 6.07 Å². The number of anilines is 1. The zero-order chi connectivity index (χ0) is 11.8. The number of nitrogens with zero attached hydrogens (tertiary/aromatic N) is 1. The van der Waals surface area contributed by atoms with Crippen molar-refractivity contribution in [2.75, 3.05) is 11.9 Å². The van der Waals surface area contributed by atoms with Crippen molar-refractivity contribution >= 4 is 5.69 Å². The van der Waals surface area contributed by atoms with Crippen LogP contribution in [-0.2, 0) is 0 Å². The summed E-state index contributed by atoms with van der Waals surface area (Å²) in [4.78, 5) is 0. The van der Waals surface area contributed by atoms with Crippen LogP contribution in [0.15, 0.2) is 24.3 Å². The van der Waals surface area contributed by atoms with Crippen LogP contribution in [-0.4, -0.2) is 6.54 Å². The molecule has 0 radical (unpaired) electrons. The molecule has 0 aliphatic heterocycles. The smallest absolute Gasteiger partial charge is 0.101 e. The number of para-hydroxylation sites is 1. The molecule has 0 amide bonds. The van der Waals surface area contributed by atoms with E-state index in [0.29, 0.717) is 0 Å². The maximum Gasteiger partial charge on any atom is 0.101 e. The van der Waals surface area contributed by atoms with Crippen LogP contribution in [0.2, 0.25) is 0 Å². The summed E-state index contributed by atoms with van der Waals surface area (Å²) in [6.45, 7) is 5.44. The van der Waals surface area contributed by atoms with E-state index in [9.17, 15) is 0 Å². The molecule has 1 atom stereocenters. The first-order chi connectivity index (χ1) is 7.77. The van der Waals surface area contributed by atoms with Gasteiger partial charge in [0.15, 0.2) is 0 Å². The molecule has 0 spiro atoms. The van der Waals surface area contributed by atoms with Gasteiger partial charge >= 0.3 is 0 Å². The van der Waals surface area contributed by atoms with E-state index in [2.05, 4.69) is 25.2 Å². The van der Waals surface area contributed by atoms with Crippen LogP contribution in [0.25, 0.3) is 0 Å². The Bertz CT molecular complexity index is 352. The van der Waals surface area contributed by atoms with Gasteiger partial charge in [0.05, 0.1) is 11.3 Å². The molecule has 2 heteroatoms. The summed E-state index contributed by atoms with van der Waals surface area (Å²) < 4.78 is 0. The van der Waals surface area contributed by atoms with E-state index in [1.165, 1.54) is 12.8 Å². The Labute approximate surface area is 98.3 Å². The lowest BCUT2D eigenvalue weighted by atomic mass is 10.0. The molecule has 1 aromatic rings. The van der Waals surface area contributed by atoms with Gasteiger partial charge in [0, 0.05) is 6.54 Å². The number of nitrogens with one attached hydrogen (secondary N) is 1. The molecule has 0 aromatic heterocycles. The predicted molar refractivity (Wildman–Crippen MR) is 68.3 cm³/mol. The van der Waals surface area contributed by atoms with Crippen LogP contribution in [0.3, 0.4) is 0 Å². The van der Waals surface area contributed by atoms with E-state index in [1.54, 1.807) is 0 Å². The Morgan fingerprint density at radius 2 is 2.06 bits per heavy atom. The Morgan fingerprint density at radius 3 is 2.75 bits per heavy atom. The molecule has 86 valence electrons. The van der Waals surface area contributed by atoms with Crippen LogP contribution in [0, 0.1) is 17.2 Å². The lowest BCUT2D eigenvalue weighted by molar-refractivity contribution is 0.499. The molecule has 0 fully saturated rings. The Hall–Kier alpha value is -1.49.